The van der Waals surface area contributed by atoms with Gasteiger partial charge in [-0.15, -0.1) is 10.2 Å². The molecule has 1 saturated carbocycles. The first-order valence-corrected chi connectivity index (χ1v) is 11.0. The molecular weight excluding hydrogens is 360 g/mol. The summed E-state index contributed by atoms with van der Waals surface area (Å²) in [4.78, 5) is 4.87. The van der Waals surface area contributed by atoms with Crippen LogP contribution in [0, 0.1) is 6.92 Å². The number of hydrogen-bond acceptors (Lipinski definition) is 3. The number of nitrogens with zero attached hydrogens (tertiary/aromatic N) is 4. The highest BCUT2D eigenvalue weighted by Gasteiger charge is 2.29. The minimum atomic E-state index is 0.0980. The number of aryl methyl sites for hydroxylation is 1. The number of benzene rings is 1. The largest absolute Gasteiger partial charge is 0.355 e. The molecule has 0 saturated heterocycles. The molecule has 2 N–H and O–H groups in total. The van der Waals surface area contributed by atoms with Gasteiger partial charge >= 0.3 is 0 Å². The van der Waals surface area contributed by atoms with Crippen molar-refractivity contribution < 1.29 is 0 Å². The van der Waals surface area contributed by atoms with Crippen molar-refractivity contribution in [3.8, 4) is 0 Å². The van der Waals surface area contributed by atoms with Gasteiger partial charge in [-0.05, 0) is 38.2 Å². The van der Waals surface area contributed by atoms with Gasteiger partial charge in [0, 0.05) is 25.0 Å². The maximum Gasteiger partial charge on any atom is 0.191 e. The molecule has 1 aromatic heterocycles. The molecule has 0 unspecified atom stereocenters. The lowest BCUT2D eigenvalue weighted by Crippen LogP contribution is -2.48. The fourth-order valence-corrected chi connectivity index (χ4v) is 4.21. The lowest BCUT2D eigenvalue weighted by atomic mass is 9.76. The van der Waals surface area contributed by atoms with Gasteiger partial charge in [0.2, 0.25) is 0 Å². The van der Waals surface area contributed by atoms with Crippen LogP contribution in [0.2, 0.25) is 0 Å². The van der Waals surface area contributed by atoms with Gasteiger partial charge < -0.3 is 15.2 Å². The third-order valence-electron chi connectivity index (χ3n) is 6.59. The molecule has 0 amide bonds. The van der Waals surface area contributed by atoms with Crippen LogP contribution >= 0.6 is 0 Å². The van der Waals surface area contributed by atoms with Crippen LogP contribution in [0.15, 0.2) is 35.3 Å². The van der Waals surface area contributed by atoms with Crippen LogP contribution in [0.1, 0.15) is 69.6 Å². The molecule has 0 spiro atoms. The van der Waals surface area contributed by atoms with Gasteiger partial charge in [0.1, 0.15) is 12.4 Å². The summed E-state index contributed by atoms with van der Waals surface area (Å²) in [6, 6.07) is 11.4. The van der Waals surface area contributed by atoms with Gasteiger partial charge in [-0.3, -0.25) is 0 Å². The fraction of sp³-hybridized carbons (Fsp3) is 0.609. The Morgan fingerprint density at radius 3 is 2.41 bits per heavy atom. The van der Waals surface area contributed by atoms with Gasteiger partial charge in [0.15, 0.2) is 11.8 Å². The Balaban J connectivity index is 1.76. The van der Waals surface area contributed by atoms with Crippen molar-refractivity contribution in [3.63, 3.8) is 0 Å². The second-order valence-electron chi connectivity index (χ2n) is 8.22. The molecule has 0 aliphatic heterocycles. The zero-order chi connectivity index (χ0) is 20.7. The number of aromatic nitrogens is 3. The van der Waals surface area contributed by atoms with Crippen LogP contribution in [0.4, 0.5) is 0 Å². The number of aliphatic imine (C=N–C) groups is 1. The first-order valence-electron chi connectivity index (χ1n) is 11.0. The van der Waals surface area contributed by atoms with Crippen molar-refractivity contribution in [2.75, 3.05) is 6.54 Å². The Morgan fingerprint density at radius 2 is 1.83 bits per heavy atom. The number of nitrogens with one attached hydrogen (secondary N) is 2. The van der Waals surface area contributed by atoms with E-state index in [0.29, 0.717) is 12.6 Å². The van der Waals surface area contributed by atoms with Crippen molar-refractivity contribution in [1.29, 1.82) is 0 Å². The van der Waals surface area contributed by atoms with E-state index < -0.39 is 0 Å². The number of hydrogen-bond donors (Lipinski definition) is 2. The Hall–Kier alpha value is -2.37. The average molecular weight is 397 g/mol. The summed E-state index contributed by atoms with van der Waals surface area (Å²) in [5, 5.41) is 15.7. The molecule has 0 bridgehead atoms. The molecule has 1 aliphatic carbocycles. The van der Waals surface area contributed by atoms with Gasteiger partial charge in [0.05, 0.1) is 0 Å². The minimum absolute atomic E-state index is 0.0980. The van der Waals surface area contributed by atoms with E-state index in [1.165, 1.54) is 31.2 Å². The number of rotatable bonds is 8. The normalized spacial score (nSPS) is 15.7. The average Bonchev–Trinajstić information content (AvgIpc) is 3.38. The molecule has 1 fully saturated rings. The summed E-state index contributed by atoms with van der Waals surface area (Å²) in [6.45, 7) is 7.91. The smallest absolute Gasteiger partial charge is 0.191 e. The van der Waals surface area contributed by atoms with Crippen LogP contribution in [0.5, 0.6) is 0 Å². The maximum atomic E-state index is 4.87. The molecule has 29 heavy (non-hydrogen) atoms. The van der Waals surface area contributed by atoms with Crippen molar-refractivity contribution in [2.24, 2.45) is 12.0 Å². The Bertz CT molecular complexity index is 785. The van der Waals surface area contributed by atoms with Crippen LogP contribution in [-0.4, -0.2) is 33.3 Å². The second-order valence-corrected chi connectivity index (χ2v) is 8.22. The molecule has 1 aliphatic rings. The van der Waals surface area contributed by atoms with Crippen molar-refractivity contribution in [1.82, 2.24) is 25.4 Å². The predicted molar refractivity (Wildman–Crippen MR) is 119 cm³/mol. The third kappa shape index (κ3) is 5.17. The molecule has 1 aromatic carbocycles. The van der Waals surface area contributed by atoms with E-state index in [1.807, 2.05) is 18.5 Å². The maximum absolute atomic E-state index is 4.87. The van der Waals surface area contributed by atoms with E-state index in [1.54, 1.807) is 0 Å². The summed E-state index contributed by atoms with van der Waals surface area (Å²) in [5.74, 6) is 2.68. The molecule has 0 atom stereocenters. The summed E-state index contributed by atoms with van der Waals surface area (Å²) in [5.41, 5.74) is 1.49. The Labute approximate surface area is 175 Å². The van der Waals surface area contributed by atoms with Crippen LogP contribution in [-0.2, 0) is 19.0 Å². The van der Waals surface area contributed by atoms with E-state index in [0.717, 1.165) is 37.0 Å². The molecule has 3 rings (SSSR count). The van der Waals surface area contributed by atoms with Gasteiger partial charge in [0.25, 0.3) is 0 Å². The van der Waals surface area contributed by atoms with Crippen molar-refractivity contribution in [2.45, 2.75) is 77.3 Å². The standard InChI is InChI=1S/C23H36N6/c1-5-23(6-2,19-12-8-7-9-13-19)17-25-22(26-20-14-10-11-15-20)24-16-21-28-27-18(3)29(21)4/h7-9,12-13,20H,5-6,10-11,14-17H2,1-4H3,(H2,24,25,26). The van der Waals surface area contributed by atoms with Gasteiger partial charge in [-0.1, -0.05) is 57.0 Å². The molecular formula is C23H36N6. The monoisotopic (exact) mass is 396 g/mol. The van der Waals surface area contributed by atoms with E-state index >= 15 is 0 Å². The van der Waals surface area contributed by atoms with Crippen LogP contribution in [0.25, 0.3) is 0 Å². The number of guanidine groups is 1. The fourth-order valence-electron chi connectivity index (χ4n) is 4.21. The molecule has 158 valence electrons. The van der Waals surface area contributed by atoms with E-state index in [4.69, 9.17) is 4.99 Å². The predicted octanol–water partition coefficient (Wildman–Crippen LogP) is 3.86. The van der Waals surface area contributed by atoms with Crippen LogP contribution < -0.4 is 10.6 Å². The highest BCUT2D eigenvalue weighted by molar-refractivity contribution is 5.80. The Kier molecular flexibility index (Phi) is 7.29. The van der Waals surface area contributed by atoms with E-state index in [2.05, 4.69) is 65.0 Å². The van der Waals surface area contributed by atoms with E-state index in [9.17, 15) is 0 Å². The van der Waals surface area contributed by atoms with Crippen molar-refractivity contribution >= 4 is 5.96 Å². The van der Waals surface area contributed by atoms with Crippen molar-refractivity contribution in [3.05, 3.63) is 47.5 Å². The van der Waals surface area contributed by atoms with Crippen LogP contribution in [0.3, 0.4) is 0 Å². The molecule has 6 heteroatoms. The third-order valence-corrected chi connectivity index (χ3v) is 6.59. The highest BCUT2D eigenvalue weighted by Crippen LogP contribution is 2.30. The van der Waals surface area contributed by atoms with E-state index in [-0.39, 0.29) is 5.41 Å². The molecule has 1 heterocycles. The lowest BCUT2D eigenvalue weighted by molar-refractivity contribution is 0.388. The summed E-state index contributed by atoms with van der Waals surface area (Å²) in [7, 11) is 1.99. The zero-order valence-electron chi connectivity index (χ0n) is 18.4. The molecule has 2 aromatic rings. The summed E-state index contributed by atoms with van der Waals surface area (Å²) < 4.78 is 2.00. The summed E-state index contributed by atoms with van der Waals surface area (Å²) in [6.07, 6.45) is 7.19. The SMILES string of the molecule is CCC(CC)(CNC(=NCc1nnc(C)n1C)NC1CCCC1)c1ccccc1. The summed E-state index contributed by atoms with van der Waals surface area (Å²) >= 11 is 0. The lowest BCUT2D eigenvalue weighted by Gasteiger charge is -2.33. The second kappa shape index (κ2) is 9.90. The first-order chi connectivity index (χ1) is 14.1. The topological polar surface area (TPSA) is 67.1 Å². The van der Waals surface area contributed by atoms with Gasteiger partial charge in [-0.25, -0.2) is 4.99 Å². The zero-order valence-corrected chi connectivity index (χ0v) is 18.4. The minimum Gasteiger partial charge on any atom is -0.355 e. The molecule has 0 radical (unpaired) electrons. The first kappa shape index (κ1) is 21.3. The quantitative estimate of drug-likeness (QED) is 0.525. The Morgan fingerprint density at radius 1 is 1.14 bits per heavy atom. The van der Waals surface area contributed by atoms with Gasteiger partial charge in [-0.2, -0.15) is 0 Å². The molecule has 6 nitrogen and oxygen atoms in total. The highest BCUT2D eigenvalue weighted by atomic mass is 15.3.